The van der Waals surface area contributed by atoms with Gasteiger partial charge in [-0.25, -0.2) is 8.42 Å². The van der Waals surface area contributed by atoms with Gasteiger partial charge in [0, 0.05) is 12.2 Å². The van der Waals surface area contributed by atoms with Crippen molar-refractivity contribution in [1.29, 1.82) is 0 Å². The predicted octanol–water partition coefficient (Wildman–Crippen LogP) is 3.61. The van der Waals surface area contributed by atoms with Crippen molar-refractivity contribution in [3.8, 4) is 0 Å². The quantitative estimate of drug-likeness (QED) is 0.723. The van der Waals surface area contributed by atoms with Gasteiger partial charge in [-0.05, 0) is 36.0 Å². The van der Waals surface area contributed by atoms with Crippen molar-refractivity contribution in [3.05, 3.63) is 65.7 Å². The Kier molecular flexibility index (Phi) is 6.60. The first kappa shape index (κ1) is 20.2. The van der Waals surface area contributed by atoms with Gasteiger partial charge in [-0.2, -0.15) is 13.2 Å². The van der Waals surface area contributed by atoms with E-state index in [0.29, 0.717) is 5.56 Å². The van der Waals surface area contributed by atoms with Gasteiger partial charge in [-0.3, -0.25) is 0 Å². The molecule has 140 valence electrons. The van der Waals surface area contributed by atoms with E-state index in [9.17, 15) is 21.6 Å². The summed E-state index contributed by atoms with van der Waals surface area (Å²) in [6, 6.07) is 13.4. The fourth-order valence-electron chi connectivity index (χ4n) is 2.17. The van der Waals surface area contributed by atoms with Crippen LogP contribution in [0.1, 0.15) is 11.1 Å². The molecule has 0 bridgehead atoms. The highest BCUT2D eigenvalue weighted by Gasteiger charge is 2.30. The van der Waals surface area contributed by atoms with Crippen molar-refractivity contribution in [2.75, 3.05) is 17.6 Å². The lowest BCUT2D eigenvalue weighted by molar-refractivity contribution is -0.137. The molecule has 0 saturated heterocycles. The highest BCUT2D eigenvalue weighted by molar-refractivity contribution is 7.90. The molecule has 0 unspecified atom stereocenters. The van der Waals surface area contributed by atoms with E-state index in [4.69, 9.17) is 12.2 Å². The van der Waals surface area contributed by atoms with E-state index >= 15 is 0 Å². The first-order valence-corrected chi connectivity index (χ1v) is 9.85. The molecule has 26 heavy (non-hydrogen) atoms. The molecule has 0 spiro atoms. The molecule has 4 nitrogen and oxygen atoms in total. The van der Waals surface area contributed by atoms with Gasteiger partial charge in [0.1, 0.15) is 0 Å². The molecule has 2 aromatic rings. The van der Waals surface area contributed by atoms with E-state index in [1.807, 2.05) is 0 Å². The third-order valence-corrected chi connectivity index (χ3v) is 5.22. The van der Waals surface area contributed by atoms with Crippen molar-refractivity contribution in [2.24, 2.45) is 0 Å². The highest BCUT2D eigenvalue weighted by Crippen LogP contribution is 2.30. The monoisotopic (exact) mass is 402 g/mol. The van der Waals surface area contributed by atoms with Crippen LogP contribution in [0.2, 0.25) is 0 Å². The molecule has 0 fully saturated rings. The number of benzene rings is 2. The van der Waals surface area contributed by atoms with Crippen molar-refractivity contribution in [1.82, 2.24) is 5.32 Å². The van der Waals surface area contributed by atoms with Gasteiger partial charge in [0.15, 0.2) is 14.9 Å². The zero-order valence-corrected chi connectivity index (χ0v) is 15.2. The molecule has 2 aromatic carbocycles. The Morgan fingerprint density at radius 3 is 2.38 bits per heavy atom. The summed E-state index contributed by atoms with van der Waals surface area (Å²) >= 11 is 4.99. The van der Waals surface area contributed by atoms with E-state index in [1.165, 1.54) is 12.1 Å². The predicted molar refractivity (Wildman–Crippen MR) is 99.6 cm³/mol. The largest absolute Gasteiger partial charge is 0.416 e. The number of alkyl halides is 3. The summed E-state index contributed by atoms with van der Waals surface area (Å²) in [4.78, 5) is 0. The van der Waals surface area contributed by atoms with Crippen molar-refractivity contribution in [3.63, 3.8) is 0 Å². The molecular formula is C17H17F3N2O2S2. The van der Waals surface area contributed by atoms with Crippen LogP contribution >= 0.6 is 12.2 Å². The second kappa shape index (κ2) is 8.50. The number of rotatable bonds is 6. The second-order valence-corrected chi connectivity index (χ2v) is 8.13. The lowest BCUT2D eigenvalue weighted by atomic mass is 10.2. The summed E-state index contributed by atoms with van der Waals surface area (Å²) in [5, 5.41) is 5.36. The molecule has 0 saturated carbocycles. The van der Waals surface area contributed by atoms with Crippen LogP contribution in [0.25, 0.3) is 0 Å². The van der Waals surface area contributed by atoms with Crippen LogP contribution in [0.3, 0.4) is 0 Å². The van der Waals surface area contributed by atoms with E-state index in [2.05, 4.69) is 10.6 Å². The van der Waals surface area contributed by atoms with Crippen LogP contribution in [0.5, 0.6) is 0 Å². The van der Waals surface area contributed by atoms with Crippen molar-refractivity contribution in [2.45, 2.75) is 11.9 Å². The first-order valence-electron chi connectivity index (χ1n) is 7.62. The lowest BCUT2D eigenvalue weighted by Crippen LogP contribution is -2.33. The van der Waals surface area contributed by atoms with Gasteiger partial charge in [0.2, 0.25) is 0 Å². The minimum absolute atomic E-state index is 0.0548. The van der Waals surface area contributed by atoms with E-state index < -0.39 is 21.6 Å². The zero-order chi connectivity index (χ0) is 19.2. The summed E-state index contributed by atoms with van der Waals surface area (Å²) in [6.45, 7) is 0.0555. The fourth-order valence-corrected chi connectivity index (χ4v) is 3.65. The molecule has 0 amide bonds. The number of sulfone groups is 1. The molecule has 2 rings (SSSR count). The maximum Gasteiger partial charge on any atom is 0.416 e. The molecule has 0 aliphatic heterocycles. The molecule has 9 heteroatoms. The number of halogens is 3. The molecule has 0 radical (unpaired) electrons. The van der Waals surface area contributed by atoms with Gasteiger partial charge in [-0.15, -0.1) is 0 Å². The first-order chi connectivity index (χ1) is 12.2. The van der Waals surface area contributed by atoms with Crippen LogP contribution in [-0.2, 0) is 21.8 Å². The van der Waals surface area contributed by atoms with Gasteiger partial charge >= 0.3 is 6.18 Å². The molecule has 2 N–H and O–H groups in total. The fraction of sp³-hybridized carbons (Fsp3) is 0.235. The second-order valence-electron chi connectivity index (χ2n) is 5.54. The standard InChI is InChI=1S/C17H17F3N2O2S2/c18-17(19,20)14-7-4-8-15(11-14)22-16(25)21-9-10-26(23,24)12-13-5-2-1-3-6-13/h1-8,11H,9-10,12H2,(H2,21,22,25). The van der Waals surface area contributed by atoms with Crippen LogP contribution < -0.4 is 10.6 Å². The highest BCUT2D eigenvalue weighted by atomic mass is 32.2. The van der Waals surface area contributed by atoms with E-state index in [0.717, 1.165) is 12.1 Å². The van der Waals surface area contributed by atoms with Crippen LogP contribution in [0, 0.1) is 0 Å². The normalized spacial score (nSPS) is 11.8. The maximum absolute atomic E-state index is 12.7. The van der Waals surface area contributed by atoms with E-state index in [1.54, 1.807) is 30.3 Å². The SMILES string of the molecule is O=S(=O)(CCNC(=S)Nc1cccc(C(F)(F)F)c1)Cc1ccccc1. The topological polar surface area (TPSA) is 58.2 Å². The van der Waals surface area contributed by atoms with E-state index in [-0.39, 0.29) is 28.9 Å². The van der Waals surface area contributed by atoms with Crippen molar-refractivity contribution >= 4 is 32.9 Å². The van der Waals surface area contributed by atoms with Crippen molar-refractivity contribution < 1.29 is 21.6 Å². The minimum Gasteiger partial charge on any atom is -0.361 e. The Bertz CT molecular complexity index is 854. The van der Waals surface area contributed by atoms with Crippen LogP contribution in [0.15, 0.2) is 54.6 Å². The molecule has 0 aromatic heterocycles. The van der Waals surface area contributed by atoms with Crippen LogP contribution in [-0.4, -0.2) is 25.8 Å². The molecular weight excluding hydrogens is 385 g/mol. The summed E-state index contributed by atoms with van der Waals surface area (Å²) < 4.78 is 62.2. The summed E-state index contributed by atoms with van der Waals surface area (Å²) in [6.07, 6.45) is -4.45. The Labute approximate surface area is 155 Å². The third kappa shape index (κ3) is 6.64. The molecule has 0 heterocycles. The number of hydrogen-bond acceptors (Lipinski definition) is 3. The molecule has 0 aliphatic rings. The molecule has 0 atom stereocenters. The summed E-state index contributed by atoms with van der Waals surface area (Å²) in [5.41, 5.74) is 0.0670. The van der Waals surface area contributed by atoms with Gasteiger partial charge in [0.05, 0.1) is 17.1 Å². The van der Waals surface area contributed by atoms with Gasteiger partial charge < -0.3 is 10.6 Å². The summed E-state index contributed by atoms with van der Waals surface area (Å²) in [7, 11) is -3.33. The Morgan fingerprint density at radius 1 is 1.04 bits per heavy atom. The zero-order valence-electron chi connectivity index (χ0n) is 13.6. The minimum atomic E-state index is -4.45. The van der Waals surface area contributed by atoms with Gasteiger partial charge in [0.25, 0.3) is 0 Å². The average Bonchev–Trinajstić information content (AvgIpc) is 2.54. The van der Waals surface area contributed by atoms with Gasteiger partial charge in [-0.1, -0.05) is 36.4 Å². The van der Waals surface area contributed by atoms with Crippen LogP contribution in [0.4, 0.5) is 18.9 Å². The number of hydrogen-bond donors (Lipinski definition) is 2. The Balaban J connectivity index is 1.84. The number of nitrogens with one attached hydrogen (secondary N) is 2. The Morgan fingerprint density at radius 2 is 1.73 bits per heavy atom. The maximum atomic E-state index is 12.7. The Hall–Kier alpha value is -2.13. The lowest BCUT2D eigenvalue weighted by Gasteiger charge is -2.13. The average molecular weight is 402 g/mol. The number of anilines is 1. The molecule has 0 aliphatic carbocycles. The summed E-state index contributed by atoms with van der Waals surface area (Å²) in [5.74, 6) is -0.227. The third-order valence-electron chi connectivity index (χ3n) is 3.38. The number of thiocarbonyl (C=S) groups is 1. The smallest absolute Gasteiger partial charge is 0.361 e.